The fourth-order valence-electron chi connectivity index (χ4n) is 3.04. The number of nitrogens with zero attached hydrogens (tertiary/aromatic N) is 2. The number of halogens is 1. The van der Waals surface area contributed by atoms with Gasteiger partial charge in [0.15, 0.2) is 17.5 Å². The van der Waals surface area contributed by atoms with Crippen molar-refractivity contribution in [2.75, 3.05) is 27.2 Å². The molecule has 1 atom stereocenters. The van der Waals surface area contributed by atoms with Gasteiger partial charge in [0.05, 0.1) is 7.11 Å². The molecule has 3 N–H and O–H groups in total. The summed E-state index contributed by atoms with van der Waals surface area (Å²) >= 11 is 0. The van der Waals surface area contributed by atoms with Gasteiger partial charge in [-0.1, -0.05) is 6.07 Å². The summed E-state index contributed by atoms with van der Waals surface area (Å²) in [5.41, 5.74) is 6.11. The van der Waals surface area contributed by atoms with Gasteiger partial charge in [-0.25, -0.2) is 4.39 Å². The van der Waals surface area contributed by atoms with Gasteiger partial charge in [-0.05, 0) is 36.5 Å². The van der Waals surface area contributed by atoms with Crippen molar-refractivity contribution in [2.45, 2.75) is 25.8 Å². The summed E-state index contributed by atoms with van der Waals surface area (Å²) < 4.78 is 18.7. The van der Waals surface area contributed by atoms with Crippen LogP contribution in [0, 0.1) is 11.7 Å². The molecule has 0 bridgehead atoms. The van der Waals surface area contributed by atoms with Crippen LogP contribution >= 0.6 is 0 Å². The Morgan fingerprint density at radius 1 is 1.54 bits per heavy atom. The summed E-state index contributed by atoms with van der Waals surface area (Å²) in [6, 6.07) is 4.87. The fraction of sp³-hybridized carbons (Fsp3) is 0.529. The lowest BCUT2D eigenvalue weighted by atomic mass is 9.95. The number of benzene rings is 1. The molecule has 0 saturated carbocycles. The van der Waals surface area contributed by atoms with Gasteiger partial charge in [0.1, 0.15) is 0 Å². The lowest BCUT2D eigenvalue weighted by molar-refractivity contribution is -0.119. The molecule has 0 radical (unpaired) electrons. The molecule has 1 fully saturated rings. The van der Waals surface area contributed by atoms with Crippen molar-refractivity contribution in [3.63, 3.8) is 0 Å². The highest BCUT2D eigenvalue weighted by molar-refractivity contribution is 5.80. The fourth-order valence-corrected chi connectivity index (χ4v) is 3.04. The molecule has 1 heterocycles. The van der Waals surface area contributed by atoms with Crippen LogP contribution in [0.5, 0.6) is 5.75 Å². The van der Waals surface area contributed by atoms with Crippen LogP contribution in [0.4, 0.5) is 4.39 Å². The van der Waals surface area contributed by atoms with Gasteiger partial charge in [-0.3, -0.25) is 9.79 Å². The summed E-state index contributed by atoms with van der Waals surface area (Å²) in [7, 11) is 3.16. The van der Waals surface area contributed by atoms with E-state index in [0.29, 0.717) is 13.0 Å². The minimum absolute atomic E-state index is 0.230. The molecule has 0 aromatic heterocycles. The number of hydrogen-bond acceptors (Lipinski definition) is 3. The van der Waals surface area contributed by atoms with Gasteiger partial charge in [-0.15, -0.1) is 0 Å². The van der Waals surface area contributed by atoms with Gasteiger partial charge in [0, 0.05) is 33.1 Å². The number of ether oxygens (including phenoxy) is 1. The molecule has 7 heteroatoms. The minimum atomic E-state index is -0.383. The Balaban J connectivity index is 1.94. The SMILES string of the molecule is CN=C(NCc1ccc(OC)c(F)c1)N1CCCC(CC(N)=O)C1. The van der Waals surface area contributed by atoms with Crippen molar-refractivity contribution < 1.29 is 13.9 Å². The molecule has 2 rings (SSSR count). The van der Waals surface area contributed by atoms with Crippen LogP contribution in [0.1, 0.15) is 24.8 Å². The third-order valence-electron chi connectivity index (χ3n) is 4.19. The van der Waals surface area contributed by atoms with Crippen LogP contribution in [0.3, 0.4) is 0 Å². The first kappa shape index (κ1) is 18.0. The lowest BCUT2D eigenvalue weighted by Gasteiger charge is -2.34. The maximum Gasteiger partial charge on any atom is 0.217 e. The number of primary amides is 1. The van der Waals surface area contributed by atoms with Crippen LogP contribution in [-0.4, -0.2) is 44.0 Å². The summed E-state index contributed by atoms with van der Waals surface area (Å²) in [4.78, 5) is 17.5. The molecule has 1 aliphatic rings. The highest BCUT2D eigenvalue weighted by atomic mass is 19.1. The molecular formula is C17H25FN4O2. The van der Waals surface area contributed by atoms with Crippen molar-refractivity contribution >= 4 is 11.9 Å². The number of nitrogens with two attached hydrogens (primary N) is 1. The van der Waals surface area contributed by atoms with Crippen molar-refractivity contribution in [1.82, 2.24) is 10.2 Å². The van der Waals surface area contributed by atoms with Crippen molar-refractivity contribution in [3.8, 4) is 5.75 Å². The third-order valence-corrected chi connectivity index (χ3v) is 4.19. The third kappa shape index (κ3) is 4.84. The molecule has 1 aromatic carbocycles. The van der Waals surface area contributed by atoms with Crippen molar-refractivity contribution in [1.29, 1.82) is 0 Å². The maximum atomic E-state index is 13.7. The number of rotatable bonds is 5. The zero-order valence-electron chi connectivity index (χ0n) is 14.2. The number of hydrogen-bond donors (Lipinski definition) is 2. The van der Waals surface area contributed by atoms with Crippen LogP contribution in [-0.2, 0) is 11.3 Å². The highest BCUT2D eigenvalue weighted by Gasteiger charge is 2.23. The van der Waals surface area contributed by atoms with Crippen molar-refractivity contribution in [3.05, 3.63) is 29.6 Å². The number of carbonyl (C=O) groups excluding carboxylic acids is 1. The second kappa shape index (κ2) is 8.52. The second-order valence-electron chi connectivity index (χ2n) is 5.99. The Labute approximate surface area is 141 Å². The normalized spacial score (nSPS) is 18.4. The van der Waals surface area contributed by atoms with E-state index in [0.717, 1.165) is 37.5 Å². The summed E-state index contributed by atoms with van der Waals surface area (Å²) in [6.07, 6.45) is 2.40. The van der Waals surface area contributed by atoms with E-state index in [1.165, 1.54) is 13.2 Å². The van der Waals surface area contributed by atoms with Crippen LogP contribution < -0.4 is 15.8 Å². The number of methoxy groups -OCH3 is 1. The van der Waals surface area contributed by atoms with Crippen LogP contribution in [0.2, 0.25) is 0 Å². The molecule has 1 saturated heterocycles. The molecule has 1 aromatic rings. The van der Waals surface area contributed by atoms with Gasteiger partial charge < -0.3 is 20.7 Å². The van der Waals surface area contributed by atoms with Gasteiger partial charge in [-0.2, -0.15) is 0 Å². The zero-order chi connectivity index (χ0) is 17.5. The topological polar surface area (TPSA) is 80.0 Å². The molecule has 1 unspecified atom stereocenters. The molecule has 6 nitrogen and oxygen atoms in total. The van der Waals surface area contributed by atoms with E-state index in [1.54, 1.807) is 13.1 Å². The van der Waals surface area contributed by atoms with Gasteiger partial charge >= 0.3 is 0 Å². The standard InChI is InChI=1S/C17H25FN4O2/c1-20-17(22-7-3-4-13(11-22)9-16(19)23)21-10-12-5-6-15(24-2)14(18)8-12/h5-6,8,13H,3-4,7,9-11H2,1-2H3,(H2,19,23)(H,20,21). The Morgan fingerprint density at radius 2 is 2.33 bits per heavy atom. The molecule has 0 aliphatic carbocycles. The summed E-state index contributed by atoms with van der Waals surface area (Å²) in [5, 5.41) is 3.25. The zero-order valence-corrected chi connectivity index (χ0v) is 14.2. The maximum absolute atomic E-state index is 13.7. The minimum Gasteiger partial charge on any atom is -0.494 e. The number of nitrogens with one attached hydrogen (secondary N) is 1. The molecule has 24 heavy (non-hydrogen) atoms. The van der Waals surface area contributed by atoms with E-state index in [-0.39, 0.29) is 23.4 Å². The number of piperidine rings is 1. The van der Waals surface area contributed by atoms with E-state index in [9.17, 15) is 9.18 Å². The summed E-state index contributed by atoms with van der Waals surface area (Å²) in [6.45, 7) is 2.09. The number of aliphatic imine (C=N–C) groups is 1. The molecule has 1 aliphatic heterocycles. The highest BCUT2D eigenvalue weighted by Crippen LogP contribution is 2.20. The van der Waals surface area contributed by atoms with Crippen LogP contribution in [0.15, 0.2) is 23.2 Å². The average Bonchev–Trinajstić information content (AvgIpc) is 2.55. The largest absolute Gasteiger partial charge is 0.494 e. The van der Waals surface area contributed by atoms with E-state index >= 15 is 0 Å². The van der Waals surface area contributed by atoms with Gasteiger partial charge in [0.2, 0.25) is 5.91 Å². The Morgan fingerprint density at radius 3 is 2.96 bits per heavy atom. The lowest BCUT2D eigenvalue weighted by Crippen LogP contribution is -2.46. The molecule has 132 valence electrons. The predicted molar refractivity (Wildman–Crippen MR) is 91.3 cm³/mol. The number of likely N-dealkylation sites (tertiary alicyclic amines) is 1. The Hall–Kier alpha value is -2.31. The van der Waals surface area contributed by atoms with E-state index in [1.807, 2.05) is 6.07 Å². The molecule has 1 amide bonds. The Kier molecular flexibility index (Phi) is 6.40. The van der Waals surface area contributed by atoms with E-state index in [2.05, 4.69) is 15.2 Å². The average molecular weight is 336 g/mol. The first-order chi connectivity index (χ1) is 11.5. The predicted octanol–water partition coefficient (Wildman–Crippen LogP) is 1.50. The number of guanidine groups is 1. The number of carbonyl (C=O) groups is 1. The second-order valence-corrected chi connectivity index (χ2v) is 5.99. The molecular weight excluding hydrogens is 311 g/mol. The number of amides is 1. The summed E-state index contributed by atoms with van der Waals surface area (Å²) in [5.74, 6) is 0.590. The van der Waals surface area contributed by atoms with Gasteiger partial charge in [0.25, 0.3) is 0 Å². The van der Waals surface area contributed by atoms with E-state index < -0.39 is 0 Å². The quantitative estimate of drug-likeness (QED) is 0.631. The first-order valence-corrected chi connectivity index (χ1v) is 8.09. The smallest absolute Gasteiger partial charge is 0.217 e. The monoisotopic (exact) mass is 336 g/mol. The van der Waals surface area contributed by atoms with Crippen LogP contribution in [0.25, 0.3) is 0 Å². The first-order valence-electron chi connectivity index (χ1n) is 8.09. The van der Waals surface area contributed by atoms with Crippen molar-refractivity contribution in [2.24, 2.45) is 16.6 Å². The Bertz CT molecular complexity index is 606. The molecule has 0 spiro atoms. The van der Waals surface area contributed by atoms with E-state index in [4.69, 9.17) is 10.5 Å².